The Morgan fingerprint density at radius 1 is 0.900 bits per heavy atom. The lowest BCUT2D eigenvalue weighted by Gasteiger charge is -2.24. The van der Waals surface area contributed by atoms with Gasteiger partial charge in [0.05, 0.1) is 17.6 Å². The molecule has 30 heavy (non-hydrogen) atoms. The smallest absolute Gasteiger partial charge is 0.338 e. The fraction of sp³-hybridized carbons (Fsp3) is 0.391. The third-order valence-electron chi connectivity index (χ3n) is 5.48. The highest BCUT2D eigenvalue weighted by Crippen LogP contribution is 2.14. The van der Waals surface area contributed by atoms with Crippen molar-refractivity contribution in [2.75, 3.05) is 19.7 Å². The number of para-hydroxylation sites is 1. The van der Waals surface area contributed by atoms with E-state index < -0.39 is 5.97 Å². The summed E-state index contributed by atoms with van der Waals surface area (Å²) < 4.78 is 7.09. The van der Waals surface area contributed by atoms with Crippen LogP contribution in [0.2, 0.25) is 0 Å². The van der Waals surface area contributed by atoms with E-state index >= 15 is 0 Å². The standard InChI is InChI=1S/C23H26N4O3/c28-22(26-14-6-2-1-3-7-15-26)17-30-23(29)19-12-10-18(11-13-19)16-27-21-9-5-4-8-20(21)24-25-27/h4-5,8-13H,1-3,6-7,14-17H2. The maximum Gasteiger partial charge on any atom is 0.338 e. The predicted molar refractivity (Wildman–Crippen MR) is 113 cm³/mol. The average molecular weight is 406 g/mol. The van der Waals surface area contributed by atoms with Gasteiger partial charge in [0, 0.05) is 13.1 Å². The van der Waals surface area contributed by atoms with Crippen molar-refractivity contribution in [1.29, 1.82) is 0 Å². The monoisotopic (exact) mass is 406 g/mol. The molecule has 1 saturated heterocycles. The van der Waals surface area contributed by atoms with Crippen molar-refractivity contribution >= 4 is 22.9 Å². The maximum absolute atomic E-state index is 12.4. The fourth-order valence-electron chi connectivity index (χ4n) is 3.75. The molecule has 1 aromatic heterocycles. The molecular weight excluding hydrogens is 380 g/mol. The van der Waals surface area contributed by atoms with Gasteiger partial charge >= 0.3 is 5.97 Å². The number of hydrogen-bond acceptors (Lipinski definition) is 5. The van der Waals surface area contributed by atoms with Gasteiger partial charge in [-0.2, -0.15) is 0 Å². The van der Waals surface area contributed by atoms with Crippen molar-refractivity contribution in [2.45, 2.75) is 38.6 Å². The molecule has 0 radical (unpaired) electrons. The number of benzene rings is 2. The number of amides is 1. The van der Waals surface area contributed by atoms with E-state index in [4.69, 9.17) is 4.74 Å². The molecule has 7 nitrogen and oxygen atoms in total. The van der Waals surface area contributed by atoms with Crippen molar-refractivity contribution in [1.82, 2.24) is 19.9 Å². The van der Waals surface area contributed by atoms with Crippen molar-refractivity contribution in [2.24, 2.45) is 0 Å². The highest BCUT2D eigenvalue weighted by atomic mass is 16.5. The summed E-state index contributed by atoms with van der Waals surface area (Å²) in [4.78, 5) is 26.5. The predicted octanol–water partition coefficient (Wildman–Crippen LogP) is 3.43. The second kappa shape index (κ2) is 9.52. The van der Waals surface area contributed by atoms with E-state index in [1.54, 1.807) is 12.1 Å². The topological polar surface area (TPSA) is 77.3 Å². The Bertz CT molecular complexity index is 1000. The molecule has 1 amide bonds. The molecule has 7 heteroatoms. The second-order valence-electron chi connectivity index (χ2n) is 7.66. The molecule has 4 rings (SSSR count). The molecule has 0 spiro atoms. The summed E-state index contributed by atoms with van der Waals surface area (Å²) in [6.45, 7) is 1.86. The molecule has 3 aromatic rings. The first-order valence-corrected chi connectivity index (χ1v) is 10.5. The average Bonchev–Trinajstić information content (AvgIpc) is 3.15. The van der Waals surface area contributed by atoms with Gasteiger partial charge in [0.1, 0.15) is 5.52 Å². The van der Waals surface area contributed by atoms with Crippen LogP contribution in [0.25, 0.3) is 11.0 Å². The van der Waals surface area contributed by atoms with Gasteiger partial charge < -0.3 is 9.64 Å². The van der Waals surface area contributed by atoms with Crippen molar-refractivity contribution < 1.29 is 14.3 Å². The summed E-state index contributed by atoms with van der Waals surface area (Å²) in [7, 11) is 0. The Kier molecular flexibility index (Phi) is 6.37. The molecule has 0 atom stereocenters. The zero-order valence-electron chi connectivity index (χ0n) is 17.0. The molecule has 1 aliphatic heterocycles. The van der Waals surface area contributed by atoms with Gasteiger partial charge in [0.15, 0.2) is 6.61 Å². The molecular formula is C23H26N4O3. The summed E-state index contributed by atoms with van der Waals surface area (Å²) in [6, 6.07) is 15.0. The third-order valence-corrected chi connectivity index (χ3v) is 5.48. The lowest BCUT2D eigenvalue weighted by molar-refractivity contribution is -0.134. The number of rotatable bonds is 5. The zero-order chi connectivity index (χ0) is 20.8. The van der Waals surface area contributed by atoms with Crippen LogP contribution in [0.3, 0.4) is 0 Å². The minimum absolute atomic E-state index is 0.111. The van der Waals surface area contributed by atoms with Crippen molar-refractivity contribution in [3.63, 3.8) is 0 Å². The van der Waals surface area contributed by atoms with Crippen LogP contribution in [-0.2, 0) is 16.1 Å². The first kappa shape index (κ1) is 20.1. The van der Waals surface area contributed by atoms with Gasteiger partial charge in [-0.25, -0.2) is 9.48 Å². The summed E-state index contributed by atoms with van der Waals surface area (Å²) in [6.07, 6.45) is 5.57. The van der Waals surface area contributed by atoms with E-state index in [1.807, 2.05) is 46.0 Å². The SMILES string of the molecule is O=C(OCC(=O)N1CCCCCCC1)c1ccc(Cn2nnc3ccccc32)cc1. The number of fused-ring (bicyclic) bond motifs is 1. The minimum atomic E-state index is -0.479. The molecule has 0 bridgehead atoms. The number of carbonyl (C=O) groups is 2. The molecule has 156 valence electrons. The zero-order valence-corrected chi connectivity index (χ0v) is 17.0. The third kappa shape index (κ3) is 4.84. The van der Waals surface area contributed by atoms with Crippen LogP contribution in [0.1, 0.15) is 48.0 Å². The Morgan fingerprint density at radius 3 is 2.37 bits per heavy atom. The summed E-state index contributed by atoms with van der Waals surface area (Å²) in [5.74, 6) is -0.590. The van der Waals surface area contributed by atoms with Crippen LogP contribution < -0.4 is 0 Å². The Hall–Kier alpha value is -3.22. The first-order valence-electron chi connectivity index (χ1n) is 10.5. The summed E-state index contributed by atoms with van der Waals surface area (Å²) >= 11 is 0. The molecule has 2 aromatic carbocycles. The largest absolute Gasteiger partial charge is 0.452 e. The quantitative estimate of drug-likeness (QED) is 0.607. The van der Waals surface area contributed by atoms with Crippen LogP contribution >= 0.6 is 0 Å². The van der Waals surface area contributed by atoms with Crippen molar-refractivity contribution in [3.05, 3.63) is 59.7 Å². The molecule has 0 saturated carbocycles. The molecule has 0 aliphatic carbocycles. The second-order valence-corrected chi connectivity index (χ2v) is 7.66. The van der Waals surface area contributed by atoms with Crippen LogP contribution in [0, 0.1) is 0 Å². The number of aromatic nitrogens is 3. The summed E-state index contributed by atoms with van der Waals surface area (Å²) in [5.41, 5.74) is 3.24. The van der Waals surface area contributed by atoms with Crippen LogP contribution in [0.4, 0.5) is 0 Å². The Morgan fingerprint density at radius 2 is 1.60 bits per heavy atom. The molecule has 1 fully saturated rings. The van der Waals surface area contributed by atoms with E-state index in [2.05, 4.69) is 10.3 Å². The van der Waals surface area contributed by atoms with Gasteiger partial charge in [-0.15, -0.1) is 5.10 Å². The van der Waals surface area contributed by atoms with Crippen molar-refractivity contribution in [3.8, 4) is 0 Å². The fourth-order valence-corrected chi connectivity index (χ4v) is 3.75. The van der Waals surface area contributed by atoms with Gasteiger partial charge in [-0.1, -0.05) is 48.7 Å². The van der Waals surface area contributed by atoms with Gasteiger partial charge in [0.2, 0.25) is 0 Å². The van der Waals surface area contributed by atoms with Crippen LogP contribution in [-0.4, -0.2) is 51.5 Å². The van der Waals surface area contributed by atoms with Gasteiger partial charge in [0.25, 0.3) is 5.91 Å². The normalized spacial score (nSPS) is 14.9. The molecule has 2 heterocycles. The number of likely N-dealkylation sites (tertiary alicyclic amines) is 1. The van der Waals surface area contributed by atoms with Crippen LogP contribution in [0.5, 0.6) is 0 Å². The lowest BCUT2D eigenvalue weighted by atomic mass is 10.1. The van der Waals surface area contributed by atoms with E-state index in [0.717, 1.165) is 55.4 Å². The molecule has 1 aliphatic rings. The van der Waals surface area contributed by atoms with Crippen LogP contribution in [0.15, 0.2) is 48.5 Å². The number of carbonyl (C=O) groups excluding carboxylic acids is 2. The minimum Gasteiger partial charge on any atom is -0.452 e. The Labute approximate surface area is 175 Å². The highest BCUT2D eigenvalue weighted by Gasteiger charge is 2.17. The Balaban J connectivity index is 1.32. The van der Waals surface area contributed by atoms with E-state index in [-0.39, 0.29) is 12.5 Å². The van der Waals surface area contributed by atoms with Gasteiger partial charge in [-0.3, -0.25) is 4.79 Å². The highest BCUT2D eigenvalue weighted by molar-refractivity contribution is 5.91. The van der Waals surface area contributed by atoms with E-state index in [0.29, 0.717) is 12.1 Å². The first-order chi connectivity index (χ1) is 14.7. The van der Waals surface area contributed by atoms with E-state index in [9.17, 15) is 9.59 Å². The maximum atomic E-state index is 12.4. The number of ether oxygens (including phenoxy) is 1. The summed E-state index contributed by atoms with van der Waals surface area (Å²) in [5, 5.41) is 8.34. The van der Waals surface area contributed by atoms with E-state index in [1.165, 1.54) is 6.42 Å². The lowest BCUT2D eigenvalue weighted by Crippen LogP contribution is -2.36. The number of nitrogens with zero attached hydrogens (tertiary/aromatic N) is 4. The number of esters is 1. The molecule has 0 unspecified atom stereocenters. The molecule has 0 N–H and O–H groups in total. The van der Waals surface area contributed by atoms with Gasteiger partial charge in [-0.05, 0) is 42.7 Å². The number of hydrogen-bond donors (Lipinski definition) is 0.